The van der Waals surface area contributed by atoms with Crippen molar-refractivity contribution in [3.63, 3.8) is 0 Å². The minimum atomic E-state index is -3.57. The zero-order valence-electron chi connectivity index (χ0n) is 17.3. The molecule has 0 aromatic carbocycles. The van der Waals surface area contributed by atoms with Gasteiger partial charge in [0, 0.05) is 18.1 Å². The van der Waals surface area contributed by atoms with Crippen LogP contribution >= 0.6 is 0 Å². The Morgan fingerprint density at radius 3 is 2.33 bits per heavy atom. The summed E-state index contributed by atoms with van der Waals surface area (Å²) in [6, 6.07) is 0. The molecule has 3 unspecified atom stereocenters. The van der Waals surface area contributed by atoms with Crippen molar-refractivity contribution in [2.45, 2.75) is 70.7 Å². The fourth-order valence-electron chi connectivity index (χ4n) is 2.89. The Bertz CT molecular complexity index is 732. The second kappa shape index (κ2) is 12.7. The zero-order valence-corrected chi connectivity index (χ0v) is 18.2. The number of esters is 2. The molecule has 1 aliphatic rings. The lowest BCUT2D eigenvalue weighted by Gasteiger charge is -2.20. The van der Waals surface area contributed by atoms with Gasteiger partial charge in [-0.15, -0.1) is 0 Å². The van der Waals surface area contributed by atoms with Crippen LogP contribution in [0.15, 0.2) is 11.6 Å². The van der Waals surface area contributed by atoms with E-state index in [2.05, 4.69) is 9.46 Å². The first kappa shape index (κ1) is 26.1. The van der Waals surface area contributed by atoms with E-state index in [1.54, 1.807) is 6.92 Å². The van der Waals surface area contributed by atoms with Gasteiger partial charge in [-0.25, -0.2) is 17.9 Å². The molecule has 3 atom stereocenters. The smallest absolute Gasteiger partial charge is 0.333 e. The molecule has 0 radical (unpaired) electrons. The Labute approximate surface area is 176 Å². The van der Waals surface area contributed by atoms with E-state index in [1.165, 1.54) is 0 Å². The maximum Gasteiger partial charge on any atom is 0.333 e. The summed E-state index contributed by atoms with van der Waals surface area (Å²) < 4.78 is 34.6. The number of unbranched alkanes of at least 4 members (excludes halogenated alkanes) is 5. The largest absolute Gasteiger partial charge is 0.481 e. The summed E-state index contributed by atoms with van der Waals surface area (Å²) in [6.07, 6.45) is 4.96. The minimum Gasteiger partial charge on any atom is -0.481 e. The average Bonchev–Trinajstić information content (AvgIpc) is 2.97. The number of carboxylic acids is 1. The second-order valence-electron chi connectivity index (χ2n) is 7.43. The van der Waals surface area contributed by atoms with Gasteiger partial charge in [-0.3, -0.25) is 9.59 Å². The number of aliphatic hydroxyl groups excluding tert-OH is 1. The molecule has 1 heterocycles. The van der Waals surface area contributed by atoms with E-state index in [9.17, 15) is 27.9 Å². The van der Waals surface area contributed by atoms with Crippen LogP contribution in [0.25, 0.3) is 0 Å². The molecule has 11 heteroatoms. The van der Waals surface area contributed by atoms with Crippen LogP contribution in [0.2, 0.25) is 0 Å². The Hall–Kier alpha value is -1.98. The van der Waals surface area contributed by atoms with Gasteiger partial charge in [0.2, 0.25) is 16.3 Å². The standard InChI is InChI=1S/C19H31NO9S/c1-13(18(23)24)9-7-5-3-4-6-8-10-16(21)28-15(12-20-30(2,26)27)14-11-17(22)29-19(14)25/h11,13,15,19-20,25H,3-10,12H2,1-2H3,(H,23,24). The second-order valence-corrected chi connectivity index (χ2v) is 9.26. The predicted molar refractivity (Wildman–Crippen MR) is 107 cm³/mol. The molecule has 1 rings (SSSR count). The summed E-state index contributed by atoms with van der Waals surface area (Å²) >= 11 is 0. The Morgan fingerprint density at radius 2 is 1.80 bits per heavy atom. The van der Waals surface area contributed by atoms with E-state index in [4.69, 9.17) is 9.84 Å². The van der Waals surface area contributed by atoms with E-state index in [0.29, 0.717) is 12.8 Å². The van der Waals surface area contributed by atoms with Crippen LogP contribution in [0.1, 0.15) is 58.3 Å². The van der Waals surface area contributed by atoms with Crippen molar-refractivity contribution in [3.8, 4) is 0 Å². The Balaban J connectivity index is 2.34. The van der Waals surface area contributed by atoms with Gasteiger partial charge in [0.1, 0.15) is 6.10 Å². The first-order valence-corrected chi connectivity index (χ1v) is 11.9. The number of carbonyl (C=O) groups is 3. The van der Waals surface area contributed by atoms with Crippen LogP contribution in [0.4, 0.5) is 0 Å². The molecule has 172 valence electrons. The van der Waals surface area contributed by atoms with Gasteiger partial charge in [0.15, 0.2) is 0 Å². The Morgan fingerprint density at radius 1 is 1.20 bits per heavy atom. The third-order valence-corrected chi connectivity index (χ3v) is 5.35. The maximum atomic E-state index is 12.1. The quantitative estimate of drug-likeness (QED) is 0.246. The number of carboxylic acid groups (broad SMARTS) is 1. The molecule has 0 aliphatic carbocycles. The number of cyclic esters (lactones) is 1. The fraction of sp³-hybridized carbons (Fsp3) is 0.737. The number of hydrogen-bond donors (Lipinski definition) is 3. The highest BCUT2D eigenvalue weighted by Gasteiger charge is 2.33. The van der Waals surface area contributed by atoms with Crippen LogP contribution in [0.3, 0.4) is 0 Å². The van der Waals surface area contributed by atoms with Crippen LogP contribution in [-0.4, -0.2) is 61.7 Å². The Kier molecular flexibility index (Phi) is 11.0. The topological polar surface area (TPSA) is 156 Å². The van der Waals surface area contributed by atoms with E-state index >= 15 is 0 Å². The van der Waals surface area contributed by atoms with Crippen molar-refractivity contribution in [2.24, 2.45) is 5.92 Å². The summed E-state index contributed by atoms with van der Waals surface area (Å²) in [5.74, 6) is -2.48. The van der Waals surface area contributed by atoms with Crippen LogP contribution in [0, 0.1) is 5.92 Å². The summed E-state index contributed by atoms with van der Waals surface area (Å²) in [4.78, 5) is 34.1. The molecule has 0 fully saturated rings. The van der Waals surface area contributed by atoms with Crippen LogP contribution < -0.4 is 4.72 Å². The molecular formula is C19H31NO9S. The summed E-state index contributed by atoms with van der Waals surface area (Å²) in [6.45, 7) is 1.37. The normalized spacial score (nSPS) is 18.4. The molecule has 30 heavy (non-hydrogen) atoms. The van der Waals surface area contributed by atoms with Crippen molar-refractivity contribution in [2.75, 3.05) is 12.8 Å². The van der Waals surface area contributed by atoms with Gasteiger partial charge in [-0.05, 0) is 12.8 Å². The van der Waals surface area contributed by atoms with Gasteiger partial charge in [-0.1, -0.05) is 39.0 Å². The van der Waals surface area contributed by atoms with Crippen LogP contribution in [0.5, 0.6) is 0 Å². The maximum absolute atomic E-state index is 12.1. The zero-order chi connectivity index (χ0) is 22.7. The molecule has 10 nitrogen and oxygen atoms in total. The number of aliphatic carboxylic acids is 1. The number of aliphatic hydroxyl groups is 1. The third-order valence-electron chi connectivity index (χ3n) is 4.66. The number of rotatable bonds is 15. The monoisotopic (exact) mass is 449 g/mol. The molecule has 1 aliphatic heterocycles. The fourth-order valence-corrected chi connectivity index (χ4v) is 3.35. The van der Waals surface area contributed by atoms with Gasteiger partial charge in [0.25, 0.3) is 0 Å². The van der Waals surface area contributed by atoms with E-state index in [0.717, 1.165) is 44.4 Å². The van der Waals surface area contributed by atoms with Crippen molar-refractivity contribution in [3.05, 3.63) is 11.6 Å². The number of sulfonamides is 1. The minimum absolute atomic E-state index is 0.0138. The molecular weight excluding hydrogens is 418 g/mol. The van der Waals surface area contributed by atoms with Crippen molar-refractivity contribution in [1.82, 2.24) is 4.72 Å². The number of hydrogen-bond acceptors (Lipinski definition) is 8. The predicted octanol–water partition coefficient (Wildman–Crippen LogP) is 1.09. The van der Waals surface area contributed by atoms with Gasteiger partial charge >= 0.3 is 17.9 Å². The van der Waals surface area contributed by atoms with E-state index in [-0.39, 0.29) is 24.5 Å². The van der Waals surface area contributed by atoms with Crippen molar-refractivity contribution < 1.29 is 42.5 Å². The highest BCUT2D eigenvalue weighted by Crippen LogP contribution is 2.20. The summed E-state index contributed by atoms with van der Waals surface area (Å²) in [5.41, 5.74) is -0.0138. The number of nitrogens with one attached hydrogen (secondary N) is 1. The van der Waals surface area contributed by atoms with Crippen molar-refractivity contribution >= 4 is 27.9 Å². The molecule has 0 aromatic heterocycles. The molecule has 0 saturated heterocycles. The van der Waals surface area contributed by atoms with Gasteiger partial charge in [0.05, 0.1) is 18.7 Å². The molecule has 0 spiro atoms. The average molecular weight is 450 g/mol. The lowest BCUT2D eigenvalue weighted by atomic mass is 10.0. The van der Waals surface area contributed by atoms with E-state index in [1.807, 2.05) is 0 Å². The first-order chi connectivity index (χ1) is 14.0. The molecule has 0 saturated carbocycles. The van der Waals surface area contributed by atoms with Gasteiger partial charge < -0.3 is 19.7 Å². The highest BCUT2D eigenvalue weighted by molar-refractivity contribution is 7.88. The van der Waals surface area contributed by atoms with E-state index < -0.39 is 40.3 Å². The lowest BCUT2D eigenvalue weighted by Crippen LogP contribution is -2.37. The molecule has 0 amide bonds. The summed E-state index contributed by atoms with van der Waals surface area (Å²) in [5, 5.41) is 18.6. The molecule has 3 N–H and O–H groups in total. The first-order valence-electron chi connectivity index (χ1n) is 9.96. The lowest BCUT2D eigenvalue weighted by molar-refractivity contribution is -0.154. The number of carbonyl (C=O) groups excluding carboxylic acids is 2. The van der Waals surface area contributed by atoms with Crippen molar-refractivity contribution in [1.29, 1.82) is 0 Å². The highest BCUT2D eigenvalue weighted by atomic mass is 32.2. The molecule has 0 bridgehead atoms. The molecule has 0 aromatic rings. The van der Waals surface area contributed by atoms with Crippen LogP contribution in [-0.2, 0) is 33.9 Å². The SMILES string of the molecule is CC(CCCCCCCCC(=O)OC(CNS(C)(=O)=O)C1=CC(=O)OC1O)C(=O)O. The third kappa shape index (κ3) is 10.7. The summed E-state index contributed by atoms with van der Waals surface area (Å²) in [7, 11) is -3.57. The number of ether oxygens (including phenoxy) is 2. The van der Waals surface area contributed by atoms with Gasteiger partial charge in [-0.2, -0.15) is 0 Å².